The number of carboxylic acids is 1. The van der Waals surface area contributed by atoms with Crippen molar-refractivity contribution in [2.24, 2.45) is 11.7 Å². The second-order valence-electron chi connectivity index (χ2n) is 10.7. The summed E-state index contributed by atoms with van der Waals surface area (Å²) < 4.78 is 11.2. The van der Waals surface area contributed by atoms with Crippen molar-refractivity contribution in [2.45, 2.75) is 57.4 Å². The first kappa shape index (κ1) is 28.9. The number of nitrogens with two attached hydrogens (primary N) is 1. The van der Waals surface area contributed by atoms with Crippen molar-refractivity contribution in [1.82, 2.24) is 9.80 Å². The molecule has 1 saturated heterocycles. The van der Waals surface area contributed by atoms with Gasteiger partial charge < -0.3 is 25.2 Å². The van der Waals surface area contributed by atoms with Crippen LogP contribution < -0.4 is 15.2 Å². The molecule has 1 fully saturated rings. The van der Waals surface area contributed by atoms with E-state index in [0.29, 0.717) is 45.6 Å². The normalized spacial score (nSPS) is 20.4. The summed E-state index contributed by atoms with van der Waals surface area (Å²) in [5.74, 6) is 0.0783. The van der Waals surface area contributed by atoms with E-state index in [2.05, 4.69) is 17.9 Å². The van der Waals surface area contributed by atoms with Gasteiger partial charge in [-0.3, -0.25) is 14.5 Å². The molecule has 39 heavy (non-hydrogen) atoms. The minimum atomic E-state index is -0.817. The largest absolute Gasteiger partial charge is 0.496 e. The Morgan fingerprint density at radius 1 is 1.18 bits per heavy atom. The van der Waals surface area contributed by atoms with Crippen molar-refractivity contribution in [2.75, 3.05) is 46.4 Å². The predicted octanol–water partition coefficient (Wildman–Crippen LogP) is 3.71. The van der Waals surface area contributed by atoms with Gasteiger partial charge in [0.1, 0.15) is 11.5 Å². The lowest BCUT2D eigenvalue weighted by Crippen LogP contribution is -2.45. The molecular formula is C31H43N3O5. The van der Waals surface area contributed by atoms with Crippen LogP contribution in [0.3, 0.4) is 0 Å². The third-order valence-corrected chi connectivity index (χ3v) is 8.18. The Labute approximate surface area is 232 Å². The number of ether oxygens (including phenoxy) is 2. The van der Waals surface area contributed by atoms with E-state index < -0.39 is 11.9 Å². The van der Waals surface area contributed by atoms with Crippen LogP contribution in [-0.2, 0) is 22.4 Å². The van der Waals surface area contributed by atoms with Crippen LogP contribution >= 0.6 is 0 Å². The molecule has 2 aliphatic rings. The lowest BCUT2D eigenvalue weighted by molar-refractivity contribution is -0.143. The number of aryl methyl sites for hydroxylation is 1. The Morgan fingerprint density at radius 3 is 2.72 bits per heavy atom. The molecule has 3 N–H and O–H groups in total. The third kappa shape index (κ3) is 6.92. The molecule has 1 amide bonds. The average molecular weight is 538 g/mol. The molecule has 2 heterocycles. The van der Waals surface area contributed by atoms with Crippen LogP contribution in [0.2, 0.25) is 0 Å². The Bertz CT molecular complexity index is 1120. The highest BCUT2D eigenvalue weighted by atomic mass is 16.5. The summed E-state index contributed by atoms with van der Waals surface area (Å²) in [6, 6.07) is 13.7. The number of nitrogens with zero attached hydrogens (tertiary/aromatic N) is 2. The number of aliphatic carboxylic acids is 1. The van der Waals surface area contributed by atoms with E-state index in [1.807, 2.05) is 41.3 Å². The van der Waals surface area contributed by atoms with Gasteiger partial charge in [0.05, 0.1) is 26.2 Å². The first-order valence-corrected chi connectivity index (χ1v) is 14.3. The second kappa shape index (κ2) is 13.8. The van der Waals surface area contributed by atoms with Gasteiger partial charge in [-0.25, -0.2) is 0 Å². The number of rotatable bonds is 14. The third-order valence-electron chi connectivity index (χ3n) is 8.18. The van der Waals surface area contributed by atoms with Gasteiger partial charge in [0, 0.05) is 38.0 Å². The lowest BCUT2D eigenvalue weighted by Gasteiger charge is -2.30. The van der Waals surface area contributed by atoms with E-state index in [1.54, 1.807) is 7.11 Å². The number of carboxylic acid groups (broad SMARTS) is 1. The quantitative estimate of drug-likeness (QED) is 0.379. The maximum Gasteiger partial charge on any atom is 0.308 e. The van der Waals surface area contributed by atoms with E-state index in [-0.39, 0.29) is 24.4 Å². The van der Waals surface area contributed by atoms with Gasteiger partial charge in [-0.1, -0.05) is 43.7 Å². The first-order valence-electron chi connectivity index (χ1n) is 14.3. The predicted molar refractivity (Wildman–Crippen MR) is 151 cm³/mol. The maximum atomic E-state index is 13.6. The summed E-state index contributed by atoms with van der Waals surface area (Å²) >= 11 is 0. The Hall–Kier alpha value is -3.10. The van der Waals surface area contributed by atoms with Crippen LogP contribution in [0.5, 0.6) is 11.5 Å². The van der Waals surface area contributed by atoms with Crippen molar-refractivity contribution >= 4 is 11.9 Å². The molecule has 0 saturated carbocycles. The standard InChI is InChI=1S/C31H43N3O5/c1-3-4-16-33(17-7-15-32)29(35)21-34-20-25(23-11-13-28-24(19-23)14-18-39-28)30(31(36)37)26(34)12-10-22-8-5-6-9-27(22)38-2/h5-6,8-9,11,13,19,25-26,30H,3-4,7,10,12,14-18,20-21,32H2,1-2H3,(H,36,37)/t25-,26+,30?/m1/s1. The number of benzene rings is 2. The minimum Gasteiger partial charge on any atom is -0.496 e. The van der Waals surface area contributed by atoms with Crippen LogP contribution in [0.15, 0.2) is 42.5 Å². The lowest BCUT2D eigenvalue weighted by atomic mass is 9.83. The van der Waals surface area contributed by atoms with Crippen LogP contribution in [0.1, 0.15) is 55.2 Å². The smallest absolute Gasteiger partial charge is 0.308 e. The highest BCUT2D eigenvalue weighted by molar-refractivity contribution is 5.79. The first-order chi connectivity index (χ1) is 19.0. The van der Waals surface area contributed by atoms with Crippen LogP contribution in [-0.4, -0.2) is 79.3 Å². The van der Waals surface area contributed by atoms with Crippen molar-refractivity contribution in [3.63, 3.8) is 0 Å². The van der Waals surface area contributed by atoms with E-state index in [4.69, 9.17) is 15.2 Å². The van der Waals surface area contributed by atoms with E-state index in [1.165, 1.54) is 0 Å². The average Bonchev–Trinajstić information content (AvgIpc) is 3.56. The zero-order chi connectivity index (χ0) is 27.8. The zero-order valence-corrected chi connectivity index (χ0v) is 23.3. The fourth-order valence-electron chi connectivity index (χ4n) is 6.11. The molecular weight excluding hydrogens is 494 g/mol. The fourth-order valence-corrected chi connectivity index (χ4v) is 6.11. The Morgan fingerprint density at radius 2 is 1.97 bits per heavy atom. The Kier molecular flexibility index (Phi) is 10.2. The molecule has 0 bridgehead atoms. The fraction of sp³-hybridized carbons (Fsp3) is 0.548. The van der Waals surface area contributed by atoms with Gasteiger partial charge in [-0.05, 0) is 61.1 Å². The molecule has 1 unspecified atom stereocenters. The van der Waals surface area contributed by atoms with Crippen molar-refractivity contribution < 1.29 is 24.2 Å². The molecule has 2 aromatic carbocycles. The number of carbonyl (C=O) groups excluding carboxylic acids is 1. The molecule has 2 aromatic rings. The molecule has 2 aliphatic heterocycles. The summed E-state index contributed by atoms with van der Waals surface area (Å²) in [4.78, 5) is 30.4. The molecule has 0 spiro atoms. The molecule has 8 nitrogen and oxygen atoms in total. The summed E-state index contributed by atoms with van der Waals surface area (Å²) in [5, 5.41) is 10.5. The Balaban J connectivity index is 1.61. The number of fused-ring (bicyclic) bond motifs is 1. The number of carbonyl (C=O) groups is 2. The van der Waals surface area contributed by atoms with Gasteiger partial charge in [0.15, 0.2) is 0 Å². The zero-order valence-electron chi connectivity index (χ0n) is 23.3. The maximum absolute atomic E-state index is 13.6. The number of hydrogen-bond acceptors (Lipinski definition) is 6. The summed E-state index contributed by atoms with van der Waals surface area (Å²) in [7, 11) is 1.65. The molecule has 0 aromatic heterocycles. The summed E-state index contributed by atoms with van der Waals surface area (Å²) in [6.07, 6.45) is 4.81. The van der Waals surface area contributed by atoms with Crippen LogP contribution in [0.4, 0.5) is 0 Å². The number of amides is 1. The second-order valence-corrected chi connectivity index (χ2v) is 10.7. The van der Waals surface area contributed by atoms with E-state index >= 15 is 0 Å². The van der Waals surface area contributed by atoms with Crippen molar-refractivity contribution in [1.29, 1.82) is 0 Å². The highest BCUT2D eigenvalue weighted by Crippen LogP contribution is 2.41. The molecule has 0 radical (unpaired) electrons. The van der Waals surface area contributed by atoms with Gasteiger partial charge >= 0.3 is 5.97 Å². The number of methoxy groups -OCH3 is 1. The van der Waals surface area contributed by atoms with Crippen LogP contribution in [0, 0.1) is 5.92 Å². The monoisotopic (exact) mass is 537 g/mol. The SMILES string of the molecule is CCCCN(CCCN)C(=O)CN1C[C@H](c2ccc3c(c2)CCO3)C(C(=O)O)[C@@H]1CCc1ccccc1OC. The molecule has 4 rings (SSSR count). The summed E-state index contributed by atoms with van der Waals surface area (Å²) in [6.45, 7) is 5.37. The molecule has 3 atom stereocenters. The van der Waals surface area contributed by atoms with Gasteiger partial charge in [-0.2, -0.15) is 0 Å². The number of hydrogen-bond donors (Lipinski definition) is 2. The van der Waals surface area contributed by atoms with E-state index in [0.717, 1.165) is 53.9 Å². The van der Waals surface area contributed by atoms with Gasteiger partial charge in [0.2, 0.25) is 5.91 Å². The van der Waals surface area contributed by atoms with Crippen molar-refractivity contribution in [3.05, 3.63) is 59.2 Å². The van der Waals surface area contributed by atoms with Gasteiger partial charge in [0.25, 0.3) is 0 Å². The topological polar surface area (TPSA) is 105 Å². The highest BCUT2D eigenvalue weighted by Gasteiger charge is 2.47. The molecule has 212 valence electrons. The summed E-state index contributed by atoms with van der Waals surface area (Å²) in [5.41, 5.74) is 8.93. The van der Waals surface area contributed by atoms with Crippen molar-refractivity contribution in [3.8, 4) is 11.5 Å². The van der Waals surface area contributed by atoms with Crippen LogP contribution in [0.25, 0.3) is 0 Å². The number of para-hydroxylation sites is 1. The number of likely N-dealkylation sites (tertiary alicyclic amines) is 1. The van der Waals surface area contributed by atoms with Gasteiger partial charge in [-0.15, -0.1) is 0 Å². The molecule has 8 heteroatoms. The molecule has 0 aliphatic carbocycles. The van der Waals surface area contributed by atoms with E-state index in [9.17, 15) is 14.7 Å². The minimum absolute atomic E-state index is 0.0475. The number of unbranched alkanes of at least 4 members (excludes halogenated alkanes) is 1.